The predicted octanol–water partition coefficient (Wildman–Crippen LogP) is 3.22. The van der Waals surface area contributed by atoms with E-state index in [0.717, 1.165) is 37.9 Å². The molecule has 0 aliphatic carbocycles. The van der Waals surface area contributed by atoms with Crippen LogP contribution in [-0.2, 0) is 12.7 Å². The molecule has 158 valence electrons. The van der Waals surface area contributed by atoms with Gasteiger partial charge in [-0.25, -0.2) is 14.4 Å². The Morgan fingerprint density at radius 2 is 1.60 bits per heavy atom. The Labute approximate surface area is 171 Å². The molecule has 3 heterocycles. The summed E-state index contributed by atoms with van der Waals surface area (Å²) in [5.74, 6) is 0.399. The van der Waals surface area contributed by atoms with Crippen molar-refractivity contribution < 1.29 is 17.6 Å². The third-order valence-electron chi connectivity index (χ3n) is 4.99. The Balaban J connectivity index is 1.28. The van der Waals surface area contributed by atoms with Crippen molar-refractivity contribution in [1.29, 1.82) is 0 Å². The number of pyridine rings is 1. The van der Waals surface area contributed by atoms with Crippen LogP contribution in [0.25, 0.3) is 0 Å². The molecule has 2 aliphatic rings. The smallest absolute Gasteiger partial charge is 0.368 e. The van der Waals surface area contributed by atoms with E-state index in [1.54, 1.807) is 18.5 Å². The van der Waals surface area contributed by atoms with E-state index in [-0.39, 0.29) is 5.82 Å². The fourth-order valence-corrected chi connectivity index (χ4v) is 3.37. The van der Waals surface area contributed by atoms with Gasteiger partial charge in [-0.05, 0) is 35.9 Å². The Hall–Kier alpha value is -3.17. The average molecular weight is 420 g/mol. The maximum absolute atomic E-state index is 13.1. The van der Waals surface area contributed by atoms with Gasteiger partial charge in [-0.3, -0.25) is 4.98 Å². The Kier molecular flexibility index (Phi) is 5.56. The van der Waals surface area contributed by atoms with Gasteiger partial charge in [-0.1, -0.05) is 6.07 Å². The van der Waals surface area contributed by atoms with Crippen LogP contribution in [0.5, 0.6) is 0 Å². The summed E-state index contributed by atoms with van der Waals surface area (Å²) >= 11 is 0. The highest BCUT2D eigenvalue weighted by Gasteiger charge is 2.32. The molecular formula is C20H20F4N6. The molecule has 30 heavy (non-hydrogen) atoms. The van der Waals surface area contributed by atoms with E-state index >= 15 is 0 Å². The van der Waals surface area contributed by atoms with E-state index < -0.39 is 11.9 Å². The number of aromatic nitrogens is 1. The van der Waals surface area contributed by atoms with Crippen LogP contribution >= 0.6 is 0 Å². The Morgan fingerprint density at radius 3 is 2.17 bits per heavy atom. The van der Waals surface area contributed by atoms with Gasteiger partial charge in [-0.2, -0.15) is 13.2 Å². The van der Waals surface area contributed by atoms with Crippen molar-refractivity contribution in [3.05, 3.63) is 59.7 Å². The van der Waals surface area contributed by atoms with Gasteiger partial charge < -0.3 is 14.7 Å². The van der Waals surface area contributed by atoms with Crippen LogP contribution in [0.4, 0.5) is 23.2 Å². The number of hydrogen-bond donors (Lipinski definition) is 0. The molecule has 0 bridgehead atoms. The monoisotopic (exact) mass is 420 g/mol. The second-order valence-electron chi connectivity index (χ2n) is 7.09. The van der Waals surface area contributed by atoms with Crippen LogP contribution < -0.4 is 4.90 Å². The van der Waals surface area contributed by atoms with Gasteiger partial charge in [0, 0.05) is 44.6 Å². The first kappa shape index (κ1) is 20.1. The molecule has 1 aromatic heterocycles. The topological polar surface area (TPSA) is 47.3 Å². The molecule has 0 radical (unpaired) electrons. The van der Waals surface area contributed by atoms with Crippen LogP contribution in [0.1, 0.15) is 11.3 Å². The van der Waals surface area contributed by atoms with Crippen LogP contribution in [0.2, 0.25) is 0 Å². The molecule has 4 rings (SSSR count). The zero-order valence-electron chi connectivity index (χ0n) is 16.1. The molecule has 1 saturated heterocycles. The first-order valence-corrected chi connectivity index (χ1v) is 9.49. The summed E-state index contributed by atoms with van der Waals surface area (Å²) in [5, 5.41) is 0. The van der Waals surface area contributed by atoms with Gasteiger partial charge in [0.05, 0.1) is 6.34 Å². The molecule has 0 amide bonds. The fraction of sp³-hybridized carbons (Fsp3) is 0.350. The Morgan fingerprint density at radius 1 is 0.900 bits per heavy atom. The SMILES string of the molecule is Fc1ccc(N2CCN(C3=NCN(Cc4ccc(C(F)(F)F)nc4)C=N3)CC2)cc1. The molecule has 1 aromatic carbocycles. The van der Waals surface area contributed by atoms with E-state index in [2.05, 4.69) is 24.8 Å². The molecule has 0 spiro atoms. The van der Waals surface area contributed by atoms with Gasteiger partial charge in [0.1, 0.15) is 18.2 Å². The number of hydrogen-bond acceptors (Lipinski definition) is 6. The quantitative estimate of drug-likeness (QED) is 0.716. The van der Waals surface area contributed by atoms with Gasteiger partial charge >= 0.3 is 6.18 Å². The minimum Gasteiger partial charge on any atom is -0.368 e. The molecule has 0 unspecified atom stereocenters. The summed E-state index contributed by atoms with van der Waals surface area (Å²) < 4.78 is 50.9. The van der Waals surface area contributed by atoms with Crippen LogP contribution in [0, 0.1) is 5.82 Å². The summed E-state index contributed by atoms with van der Waals surface area (Å²) in [7, 11) is 0. The van der Waals surface area contributed by atoms with Crippen molar-refractivity contribution in [1.82, 2.24) is 14.8 Å². The number of guanidine groups is 1. The molecule has 10 heteroatoms. The number of benzene rings is 1. The summed E-state index contributed by atoms with van der Waals surface area (Å²) in [6, 6.07) is 8.85. The highest BCUT2D eigenvalue weighted by atomic mass is 19.4. The number of aliphatic imine (C=N–C) groups is 2. The zero-order valence-corrected chi connectivity index (χ0v) is 16.1. The van der Waals surface area contributed by atoms with Crippen molar-refractivity contribution in [2.45, 2.75) is 12.7 Å². The average Bonchev–Trinajstić information content (AvgIpc) is 2.75. The number of rotatable bonds is 3. The van der Waals surface area contributed by atoms with E-state index in [1.165, 1.54) is 24.4 Å². The molecule has 1 fully saturated rings. The highest BCUT2D eigenvalue weighted by Crippen LogP contribution is 2.27. The predicted molar refractivity (Wildman–Crippen MR) is 106 cm³/mol. The van der Waals surface area contributed by atoms with Crippen LogP contribution in [0.15, 0.2) is 52.6 Å². The van der Waals surface area contributed by atoms with Gasteiger partial charge in [-0.15, -0.1) is 0 Å². The third kappa shape index (κ3) is 4.69. The summed E-state index contributed by atoms with van der Waals surface area (Å²) in [4.78, 5) is 18.5. The first-order valence-electron chi connectivity index (χ1n) is 9.49. The van der Waals surface area contributed by atoms with Gasteiger partial charge in [0.2, 0.25) is 5.96 Å². The molecule has 0 atom stereocenters. The zero-order chi connectivity index (χ0) is 21.1. The van der Waals surface area contributed by atoms with E-state index in [9.17, 15) is 17.6 Å². The molecule has 0 N–H and O–H groups in total. The van der Waals surface area contributed by atoms with E-state index in [1.807, 2.05) is 4.90 Å². The summed E-state index contributed by atoms with van der Waals surface area (Å²) in [6.45, 7) is 3.80. The van der Waals surface area contributed by atoms with Gasteiger partial charge in [0.15, 0.2) is 0 Å². The summed E-state index contributed by atoms with van der Waals surface area (Å²) in [5.41, 5.74) is 0.737. The lowest BCUT2D eigenvalue weighted by atomic mass is 10.2. The normalized spacial score (nSPS) is 17.3. The largest absolute Gasteiger partial charge is 0.433 e. The van der Waals surface area contributed by atoms with E-state index in [0.29, 0.717) is 24.7 Å². The standard InChI is InChI=1S/C20H20F4N6/c21-16-2-4-17(5-3-16)29-7-9-30(10-8-29)19-26-13-28(14-27-19)12-15-1-6-18(25-11-15)20(22,23)24/h1-6,11,13H,7-10,12,14H2. The fourth-order valence-electron chi connectivity index (χ4n) is 3.37. The second kappa shape index (κ2) is 8.29. The lowest BCUT2D eigenvalue weighted by Gasteiger charge is -2.37. The number of halogens is 4. The summed E-state index contributed by atoms with van der Waals surface area (Å²) in [6.07, 6.45) is -1.55. The number of alkyl halides is 3. The first-order chi connectivity index (χ1) is 14.4. The molecule has 2 aromatic rings. The van der Waals surface area contributed by atoms with Crippen LogP contribution in [0.3, 0.4) is 0 Å². The van der Waals surface area contributed by atoms with Crippen molar-refractivity contribution in [3.63, 3.8) is 0 Å². The highest BCUT2D eigenvalue weighted by molar-refractivity contribution is 5.89. The Bertz CT molecular complexity index is 916. The van der Waals surface area contributed by atoms with Crippen molar-refractivity contribution in [3.8, 4) is 0 Å². The van der Waals surface area contributed by atoms with Crippen molar-refractivity contribution >= 4 is 18.0 Å². The number of piperazine rings is 1. The molecule has 6 nitrogen and oxygen atoms in total. The second-order valence-corrected chi connectivity index (χ2v) is 7.09. The number of nitrogens with zero attached hydrogens (tertiary/aromatic N) is 6. The lowest BCUT2D eigenvalue weighted by molar-refractivity contribution is -0.141. The van der Waals surface area contributed by atoms with E-state index in [4.69, 9.17) is 0 Å². The van der Waals surface area contributed by atoms with Gasteiger partial charge in [0.25, 0.3) is 0 Å². The van der Waals surface area contributed by atoms with Crippen LogP contribution in [-0.4, -0.2) is 59.9 Å². The third-order valence-corrected chi connectivity index (χ3v) is 4.99. The van der Waals surface area contributed by atoms with Crippen molar-refractivity contribution in [2.24, 2.45) is 9.98 Å². The molecule has 2 aliphatic heterocycles. The molecule has 0 saturated carbocycles. The molecular weight excluding hydrogens is 400 g/mol. The number of anilines is 1. The minimum atomic E-state index is -4.44. The minimum absolute atomic E-state index is 0.250. The van der Waals surface area contributed by atoms with Crippen molar-refractivity contribution in [2.75, 3.05) is 37.7 Å². The maximum atomic E-state index is 13.1. The lowest BCUT2D eigenvalue weighted by Crippen LogP contribution is -2.49. The maximum Gasteiger partial charge on any atom is 0.433 e.